The van der Waals surface area contributed by atoms with Crippen LogP contribution in [0.3, 0.4) is 0 Å². The summed E-state index contributed by atoms with van der Waals surface area (Å²) < 4.78 is 5.73. The van der Waals surface area contributed by atoms with E-state index in [0.29, 0.717) is 6.10 Å². The minimum atomic E-state index is 0.0482. The van der Waals surface area contributed by atoms with Crippen molar-refractivity contribution in [1.82, 2.24) is 0 Å². The van der Waals surface area contributed by atoms with Crippen molar-refractivity contribution >= 4 is 5.78 Å². The molecule has 0 spiro atoms. The molecule has 0 N–H and O–H groups in total. The number of epoxide rings is 1. The van der Waals surface area contributed by atoms with Crippen LogP contribution in [0.4, 0.5) is 0 Å². The number of carbonyl (C=O) groups excluding carboxylic acids is 1. The Kier molecular flexibility index (Phi) is 2.34. The summed E-state index contributed by atoms with van der Waals surface area (Å²) in [5.74, 6) is 0.161. The molecule has 17 heavy (non-hydrogen) atoms. The molecule has 2 fully saturated rings. The van der Waals surface area contributed by atoms with Gasteiger partial charge in [-0.15, -0.1) is 0 Å². The molecule has 2 aliphatic carbocycles. The third-order valence-corrected chi connectivity index (χ3v) is 4.56. The molecule has 1 saturated heterocycles. The summed E-state index contributed by atoms with van der Waals surface area (Å²) in [5.41, 5.74) is 1.53. The van der Waals surface area contributed by atoms with Crippen LogP contribution in [0.5, 0.6) is 0 Å². The van der Waals surface area contributed by atoms with Crippen molar-refractivity contribution in [3.05, 3.63) is 23.8 Å². The van der Waals surface area contributed by atoms with Crippen LogP contribution < -0.4 is 0 Å². The highest BCUT2D eigenvalue weighted by Gasteiger charge is 2.52. The summed E-state index contributed by atoms with van der Waals surface area (Å²) in [6.45, 7) is 4.30. The van der Waals surface area contributed by atoms with Gasteiger partial charge in [0.05, 0.1) is 11.7 Å². The third-order valence-electron chi connectivity index (χ3n) is 4.56. The van der Waals surface area contributed by atoms with Gasteiger partial charge >= 0.3 is 0 Å². The van der Waals surface area contributed by atoms with E-state index in [1.54, 1.807) is 6.08 Å². The highest BCUT2D eigenvalue weighted by molar-refractivity contribution is 6.01. The molecule has 3 aliphatic rings. The number of allylic oxidation sites excluding steroid dienone is 4. The predicted molar refractivity (Wildman–Crippen MR) is 66.7 cm³/mol. The number of hydrogen-bond donors (Lipinski definition) is 0. The van der Waals surface area contributed by atoms with Crippen LogP contribution in [0.1, 0.15) is 46.0 Å². The molecule has 1 saturated carbocycles. The van der Waals surface area contributed by atoms with Gasteiger partial charge in [0.15, 0.2) is 5.78 Å². The standard InChI is InChI=1S/C15H20O2/c1-14(2)13(17-14)10-15-7-4-3-5-11(15)9-12(16)6-8-15/h6,8-9,13H,3-5,7,10H2,1-2H3. The molecule has 2 atom stereocenters. The van der Waals surface area contributed by atoms with Crippen LogP contribution in [0.2, 0.25) is 0 Å². The van der Waals surface area contributed by atoms with Crippen molar-refractivity contribution in [1.29, 1.82) is 0 Å². The Morgan fingerprint density at radius 1 is 1.41 bits per heavy atom. The van der Waals surface area contributed by atoms with Gasteiger partial charge in [-0.3, -0.25) is 4.79 Å². The molecule has 2 heteroatoms. The quantitative estimate of drug-likeness (QED) is 0.684. The number of carbonyl (C=O) groups is 1. The molecule has 0 bridgehead atoms. The fraction of sp³-hybridized carbons (Fsp3) is 0.667. The summed E-state index contributed by atoms with van der Waals surface area (Å²) in [6, 6.07) is 0. The molecule has 3 rings (SSSR count). The molecular weight excluding hydrogens is 212 g/mol. The van der Waals surface area contributed by atoms with Crippen LogP contribution in [0, 0.1) is 5.41 Å². The zero-order valence-electron chi connectivity index (χ0n) is 10.7. The molecule has 2 unspecified atom stereocenters. The number of ether oxygens (including phenoxy) is 1. The third kappa shape index (κ3) is 1.89. The van der Waals surface area contributed by atoms with Gasteiger partial charge in [-0.2, -0.15) is 0 Å². The Labute approximate surface area is 103 Å². The van der Waals surface area contributed by atoms with Crippen LogP contribution in [0.25, 0.3) is 0 Å². The maximum atomic E-state index is 11.5. The van der Waals surface area contributed by atoms with E-state index in [4.69, 9.17) is 4.74 Å². The van der Waals surface area contributed by atoms with E-state index in [1.807, 2.05) is 6.08 Å². The Hall–Kier alpha value is -0.890. The van der Waals surface area contributed by atoms with Gasteiger partial charge in [0.25, 0.3) is 0 Å². The molecular formula is C15H20O2. The van der Waals surface area contributed by atoms with Crippen molar-refractivity contribution < 1.29 is 9.53 Å². The highest BCUT2D eigenvalue weighted by atomic mass is 16.6. The predicted octanol–water partition coefficient (Wildman–Crippen LogP) is 3.18. The summed E-state index contributed by atoms with van der Waals surface area (Å²) in [5, 5.41) is 0. The van der Waals surface area contributed by atoms with E-state index in [9.17, 15) is 4.79 Å². The average molecular weight is 232 g/mol. The van der Waals surface area contributed by atoms with Crippen LogP contribution in [-0.2, 0) is 9.53 Å². The topological polar surface area (TPSA) is 29.6 Å². The second-order valence-electron chi connectivity index (χ2n) is 6.18. The lowest BCUT2D eigenvalue weighted by molar-refractivity contribution is -0.110. The maximum absolute atomic E-state index is 11.5. The lowest BCUT2D eigenvalue weighted by Crippen LogP contribution is -2.30. The van der Waals surface area contributed by atoms with E-state index in [1.165, 1.54) is 24.8 Å². The first-order chi connectivity index (χ1) is 8.02. The lowest BCUT2D eigenvalue weighted by atomic mass is 9.65. The first-order valence-corrected chi connectivity index (χ1v) is 6.64. The number of ketones is 1. The molecule has 0 radical (unpaired) electrons. The Morgan fingerprint density at radius 2 is 2.18 bits per heavy atom. The van der Waals surface area contributed by atoms with Crippen molar-refractivity contribution in [2.45, 2.75) is 57.7 Å². The molecule has 92 valence electrons. The maximum Gasteiger partial charge on any atom is 0.178 e. The van der Waals surface area contributed by atoms with Gasteiger partial charge in [-0.05, 0) is 51.7 Å². The smallest absolute Gasteiger partial charge is 0.178 e. The van der Waals surface area contributed by atoms with Gasteiger partial charge < -0.3 is 4.74 Å². The van der Waals surface area contributed by atoms with Gasteiger partial charge in [-0.1, -0.05) is 18.1 Å². The summed E-state index contributed by atoms with van der Waals surface area (Å²) in [6.07, 6.45) is 12.0. The van der Waals surface area contributed by atoms with Crippen LogP contribution >= 0.6 is 0 Å². The van der Waals surface area contributed by atoms with Crippen LogP contribution in [0.15, 0.2) is 23.8 Å². The molecule has 0 aromatic heterocycles. The molecule has 1 aliphatic heterocycles. The van der Waals surface area contributed by atoms with Gasteiger partial charge in [0.2, 0.25) is 0 Å². The van der Waals surface area contributed by atoms with E-state index >= 15 is 0 Å². The SMILES string of the molecule is CC1(C)OC1CC12C=CC(=O)C=C1CCCC2. The fourth-order valence-corrected chi connectivity index (χ4v) is 3.29. The normalized spacial score (nSPS) is 38.6. The monoisotopic (exact) mass is 232 g/mol. The Balaban J connectivity index is 1.85. The molecule has 2 nitrogen and oxygen atoms in total. The number of hydrogen-bond acceptors (Lipinski definition) is 2. The number of rotatable bonds is 2. The van der Waals surface area contributed by atoms with Crippen molar-refractivity contribution in [3.8, 4) is 0 Å². The van der Waals surface area contributed by atoms with Gasteiger partial charge in [0.1, 0.15) is 0 Å². The Morgan fingerprint density at radius 3 is 2.88 bits per heavy atom. The lowest BCUT2D eigenvalue weighted by Gasteiger charge is -2.39. The van der Waals surface area contributed by atoms with E-state index < -0.39 is 0 Å². The summed E-state index contributed by atoms with van der Waals surface area (Å²) in [4.78, 5) is 11.5. The minimum Gasteiger partial charge on any atom is -0.367 e. The van der Waals surface area contributed by atoms with Gasteiger partial charge in [0, 0.05) is 5.41 Å². The van der Waals surface area contributed by atoms with Crippen LogP contribution in [-0.4, -0.2) is 17.5 Å². The van der Waals surface area contributed by atoms with Crippen molar-refractivity contribution in [2.24, 2.45) is 5.41 Å². The summed E-state index contributed by atoms with van der Waals surface area (Å²) >= 11 is 0. The largest absolute Gasteiger partial charge is 0.367 e. The first kappa shape index (κ1) is 11.2. The second kappa shape index (κ2) is 3.55. The molecule has 0 aromatic rings. The molecule has 0 amide bonds. The number of fused-ring (bicyclic) bond motifs is 1. The zero-order valence-corrected chi connectivity index (χ0v) is 10.7. The molecule has 0 aromatic carbocycles. The Bertz CT molecular complexity index is 417. The fourth-order valence-electron chi connectivity index (χ4n) is 3.29. The van der Waals surface area contributed by atoms with E-state index in [0.717, 1.165) is 12.8 Å². The molecule has 1 heterocycles. The average Bonchev–Trinajstić information content (AvgIpc) is 2.86. The minimum absolute atomic E-state index is 0.0482. The summed E-state index contributed by atoms with van der Waals surface area (Å²) in [7, 11) is 0. The first-order valence-electron chi connectivity index (χ1n) is 6.64. The van der Waals surface area contributed by atoms with E-state index in [-0.39, 0.29) is 16.8 Å². The van der Waals surface area contributed by atoms with E-state index in [2.05, 4.69) is 19.9 Å². The zero-order chi connectivity index (χ0) is 12.1. The van der Waals surface area contributed by atoms with Crippen molar-refractivity contribution in [3.63, 3.8) is 0 Å². The second-order valence-corrected chi connectivity index (χ2v) is 6.18. The van der Waals surface area contributed by atoms with Crippen molar-refractivity contribution in [2.75, 3.05) is 0 Å². The van der Waals surface area contributed by atoms with Gasteiger partial charge in [-0.25, -0.2) is 0 Å². The highest BCUT2D eigenvalue weighted by Crippen LogP contribution is 2.52.